The molecule has 16 rings (SSSR count). The largest absolute Gasteiger partial charge is 0.495 e. The SMILES string of the molecule is CC(F)(F)c1nc(-c2cncc(C#N)c2)ccc1N.CC(F)(F)c1nc(-c2cncc(Cl)c2)ccc1N.CNc1ccc(-c2cncc(C#N)c2)nc1C(C)(F)F.CNc1ccc(-c2cncc(F)c2)nc1C(C)(F)F.CNc1ccc(-c2cncc(F)c2)nc1C(C)(F)F.CNc1ccc(-c2cncc(OC)c2)nc1C(C)(F)F.Cc1ccc(-c2cncc(F)c2)nc1C#N.Cc1ccc(-c2cncc(OC(F)F)c2)nc1C. The van der Waals surface area contributed by atoms with Crippen LogP contribution in [-0.2, 0) is 35.5 Å². The van der Waals surface area contributed by atoms with Gasteiger partial charge in [-0.25, -0.2) is 48.1 Å². The van der Waals surface area contributed by atoms with Crippen LogP contribution in [0, 0.1) is 72.2 Å². The van der Waals surface area contributed by atoms with Crippen LogP contribution in [0.4, 0.5) is 109 Å². The number of pyridine rings is 16. The molecule has 0 atom stereocenters. The van der Waals surface area contributed by atoms with E-state index in [0.29, 0.717) is 112 Å². The zero-order chi connectivity index (χ0) is 110. The summed E-state index contributed by atoms with van der Waals surface area (Å²) in [4.78, 5) is 62.7. The number of nitrogen functional groups attached to an aromatic ring is 2. The van der Waals surface area contributed by atoms with Gasteiger partial charge >= 0.3 is 6.61 Å². The maximum Gasteiger partial charge on any atom is 0.387 e. The van der Waals surface area contributed by atoms with Crippen molar-refractivity contribution in [1.29, 1.82) is 15.8 Å². The topological polar surface area (TPSA) is 396 Å². The second kappa shape index (κ2) is 51.2. The number of rotatable bonds is 21. The zero-order valence-corrected chi connectivity index (χ0v) is 82.2. The van der Waals surface area contributed by atoms with Crippen molar-refractivity contribution in [2.45, 2.75) is 104 Å². The Bertz CT molecular complexity index is 7350. The Kier molecular flexibility index (Phi) is 39.5. The lowest BCUT2D eigenvalue weighted by atomic mass is 10.1. The van der Waals surface area contributed by atoms with Gasteiger partial charge in [0.25, 0.3) is 35.5 Å². The van der Waals surface area contributed by atoms with Crippen LogP contribution in [0.2, 0.25) is 5.02 Å². The lowest BCUT2D eigenvalue weighted by molar-refractivity contribution is -0.0500. The summed E-state index contributed by atoms with van der Waals surface area (Å²) in [7, 11) is 7.73. The number of nitriles is 3. The Balaban J connectivity index is 0.000000189. The number of nitrogens with one attached hydrogen (secondary N) is 4. The van der Waals surface area contributed by atoms with Gasteiger partial charge in [-0.2, -0.15) is 77.3 Å². The van der Waals surface area contributed by atoms with Crippen molar-refractivity contribution in [2.75, 3.05) is 68.0 Å². The van der Waals surface area contributed by atoms with E-state index in [0.717, 1.165) is 77.0 Å². The van der Waals surface area contributed by atoms with Crippen molar-refractivity contribution in [3.63, 3.8) is 0 Å². The van der Waals surface area contributed by atoms with Gasteiger partial charge in [0.2, 0.25) is 0 Å². The summed E-state index contributed by atoms with van der Waals surface area (Å²) in [5.74, 6) is -19.4. The fourth-order valence-corrected chi connectivity index (χ4v) is 13.2. The van der Waals surface area contributed by atoms with Crippen molar-refractivity contribution < 1.29 is 84.1 Å². The highest BCUT2D eigenvalue weighted by Gasteiger charge is 2.36. The van der Waals surface area contributed by atoms with Crippen LogP contribution in [-0.4, -0.2) is 122 Å². The van der Waals surface area contributed by atoms with Gasteiger partial charge in [-0.1, -0.05) is 23.7 Å². The van der Waals surface area contributed by atoms with E-state index in [2.05, 4.69) is 106 Å². The number of ether oxygens (including phenoxy) is 2. The van der Waals surface area contributed by atoms with Crippen LogP contribution in [0.1, 0.15) is 109 Å². The van der Waals surface area contributed by atoms with Gasteiger partial charge in [-0.3, -0.25) is 44.9 Å². The summed E-state index contributed by atoms with van der Waals surface area (Å²) in [6, 6.07) is 43.1. The van der Waals surface area contributed by atoms with Crippen molar-refractivity contribution in [1.82, 2.24) is 79.7 Å². The standard InChI is InChI=1S/C14H12F2N4.C14H15F2N3O.2C13H12F3N3.C13H10F2N4.C13H12F2N2O.C12H10ClF2N3.C12H8FN3/c1-14(15,16)13-12(18-2)4-3-11(20-13)10-5-9(6-17)7-19-8-10;1-14(15,16)13-12(17-2)5-4-11(19-13)9-6-10(20-3)8-18-7-9;2*1-13(15,16)12-11(17-2)4-3-10(19-12)8-5-9(14)7-18-6-8;1-13(14,15)12-10(17)2-3-11(19-12)9-4-8(5-16)6-18-7-9;1-8-3-4-12(17-9(8)2)10-5-11(7-16-6-10)18-13(14)15;1-12(14,15)11-9(16)2-3-10(18-11)7-4-8(13)6-17-5-7;1-8-2-3-11(16-12(8)5-14)9-4-10(13)7-15-6-9/h3-5,7-8,18H,1-2H3;4-8,17H,1-3H3;2*3-7,17H,1-2H3;2-4,6-7H,17H2,1H3;3-7,13H,1-2H3;2-6H,16H2,1H3;2-4,6-7H,1H3. The van der Waals surface area contributed by atoms with Gasteiger partial charge in [0.15, 0.2) is 0 Å². The highest BCUT2D eigenvalue weighted by Crippen LogP contribution is 2.41. The number of hydrogen-bond donors (Lipinski definition) is 6. The fraction of sp³-hybridized carbons (Fsp3) is 0.202. The van der Waals surface area contributed by atoms with Crippen molar-refractivity contribution >= 4 is 45.7 Å². The Morgan fingerprint density at radius 1 is 0.309 bits per heavy atom. The number of nitrogens with zero attached hydrogens (tertiary/aromatic N) is 19. The molecule has 45 heteroatoms. The molecule has 149 heavy (non-hydrogen) atoms. The lowest BCUT2D eigenvalue weighted by Crippen LogP contribution is -2.13. The van der Waals surface area contributed by atoms with E-state index in [1.54, 1.807) is 94.2 Å². The fourth-order valence-electron chi connectivity index (χ4n) is 13.1. The Morgan fingerprint density at radius 2 is 0.570 bits per heavy atom. The van der Waals surface area contributed by atoms with Crippen molar-refractivity contribution in [3.8, 4) is 120 Å². The molecule has 16 aromatic rings. The van der Waals surface area contributed by atoms with E-state index in [9.17, 15) is 74.6 Å². The predicted octanol–water partition coefficient (Wildman–Crippen LogP) is 25.4. The molecule has 0 radical (unpaired) electrons. The minimum atomic E-state index is -3.12. The molecule has 0 aromatic carbocycles. The first-order valence-electron chi connectivity index (χ1n) is 43.7. The minimum absolute atomic E-state index is 0.0301. The molecular formula is C104H91ClF17N25O2. The second-order valence-corrected chi connectivity index (χ2v) is 32.6. The maximum atomic E-state index is 13.6. The molecule has 0 bridgehead atoms. The van der Waals surface area contributed by atoms with E-state index in [-0.39, 0.29) is 68.4 Å². The number of aryl methyl sites for hydroxylation is 3. The van der Waals surface area contributed by atoms with Crippen LogP contribution in [0.15, 0.2) is 245 Å². The lowest BCUT2D eigenvalue weighted by Gasteiger charge is -2.15. The molecular weight excluding hydrogens is 1990 g/mol. The third-order valence-corrected chi connectivity index (χ3v) is 20.6. The van der Waals surface area contributed by atoms with Gasteiger partial charge < -0.3 is 42.2 Å². The molecule has 0 saturated heterocycles. The molecule has 770 valence electrons. The quantitative estimate of drug-likeness (QED) is 0.0364. The first kappa shape index (κ1) is 115. The predicted molar refractivity (Wildman–Crippen MR) is 531 cm³/mol. The van der Waals surface area contributed by atoms with Crippen LogP contribution >= 0.6 is 11.6 Å². The van der Waals surface area contributed by atoms with Crippen molar-refractivity contribution in [3.05, 3.63) is 335 Å². The van der Waals surface area contributed by atoms with E-state index in [1.165, 1.54) is 162 Å². The molecule has 16 heterocycles. The maximum absolute atomic E-state index is 13.6. The Hall–Kier alpha value is -17.6. The number of nitrogens with two attached hydrogens (primary N) is 2. The van der Waals surface area contributed by atoms with E-state index in [4.69, 9.17) is 43.6 Å². The third-order valence-electron chi connectivity index (χ3n) is 20.4. The molecule has 0 spiro atoms. The molecule has 0 fully saturated rings. The molecule has 8 N–H and O–H groups in total. The van der Waals surface area contributed by atoms with Crippen LogP contribution in [0.3, 0.4) is 0 Å². The molecule has 0 saturated carbocycles. The van der Waals surface area contributed by atoms with Crippen molar-refractivity contribution in [2.24, 2.45) is 0 Å². The number of hydrogen-bond acceptors (Lipinski definition) is 27. The van der Waals surface area contributed by atoms with Gasteiger partial charge in [0.05, 0.1) is 134 Å². The van der Waals surface area contributed by atoms with Crippen LogP contribution in [0.25, 0.3) is 90.1 Å². The van der Waals surface area contributed by atoms with Gasteiger partial charge in [-0.15, -0.1) is 0 Å². The summed E-state index contributed by atoms with van der Waals surface area (Å²) in [5.41, 5.74) is 20.7. The highest BCUT2D eigenvalue weighted by atomic mass is 35.5. The number of halogens is 18. The zero-order valence-electron chi connectivity index (χ0n) is 81.4. The molecule has 0 amide bonds. The number of aromatic nitrogens is 16. The van der Waals surface area contributed by atoms with Crippen LogP contribution < -0.4 is 42.2 Å². The summed E-state index contributed by atoms with van der Waals surface area (Å²) in [6.07, 6.45) is 22.1. The van der Waals surface area contributed by atoms with E-state index < -0.39 is 71.0 Å². The molecule has 16 aromatic heterocycles. The summed E-state index contributed by atoms with van der Waals surface area (Å²) < 4.78 is 234. The summed E-state index contributed by atoms with van der Waals surface area (Å²) >= 11 is 5.79. The monoisotopic (exact) mass is 2080 g/mol. The van der Waals surface area contributed by atoms with Crippen LogP contribution in [0.5, 0.6) is 11.5 Å². The smallest absolute Gasteiger partial charge is 0.387 e. The van der Waals surface area contributed by atoms with Gasteiger partial charge in [0, 0.05) is 188 Å². The van der Waals surface area contributed by atoms with E-state index in [1.807, 2.05) is 44.2 Å². The molecule has 0 aliphatic rings. The summed E-state index contributed by atoms with van der Waals surface area (Å²) in [5, 5.41) is 37.6. The molecule has 0 aliphatic carbocycles. The average molecular weight is 2080 g/mol. The molecule has 0 aliphatic heterocycles. The van der Waals surface area contributed by atoms with E-state index >= 15 is 0 Å². The van der Waals surface area contributed by atoms with Gasteiger partial charge in [0.1, 0.15) is 87.0 Å². The third kappa shape index (κ3) is 33.2. The first-order chi connectivity index (χ1) is 70.3. The Labute approximate surface area is 848 Å². The number of anilines is 6. The van der Waals surface area contributed by atoms with Gasteiger partial charge in [-0.05, 0) is 165 Å². The number of alkyl halides is 14. The average Bonchev–Trinajstić information content (AvgIpc) is 0.786. The second-order valence-electron chi connectivity index (χ2n) is 32.2. The number of methoxy groups -OCH3 is 1. The first-order valence-corrected chi connectivity index (χ1v) is 44.1. The molecule has 27 nitrogen and oxygen atoms in total. The highest BCUT2D eigenvalue weighted by molar-refractivity contribution is 6.30. The minimum Gasteiger partial charge on any atom is -0.495 e. The Morgan fingerprint density at radius 3 is 0.866 bits per heavy atom. The summed E-state index contributed by atoms with van der Waals surface area (Å²) in [6.45, 7) is 7.45. The molecule has 0 unspecified atom stereocenters. The normalized spacial score (nSPS) is 11.0.